The van der Waals surface area contributed by atoms with Crippen LogP contribution in [0.15, 0.2) is 91.0 Å². The van der Waals surface area contributed by atoms with Crippen LogP contribution in [-0.2, 0) is 14.3 Å². The van der Waals surface area contributed by atoms with Crippen molar-refractivity contribution in [1.82, 2.24) is 0 Å². The summed E-state index contributed by atoms with van der Waals surface area (Å²) in [6, 6.07) is 28.9. The van der Waals surface area contributed by atoms with E-state index >= 15 is 0 Å². The van der Waals surface area contributed by atoms with Crippen LogP contribution in [0.4, 0.5) is 0 Å². The lowest BCUT2D eigenvalue weighted by Crippen LogP contribution is -2.32. The Morgan fingerprint density at radius 1 is 0.714 bits per heavy atom. The van der Waals surface area contributed by atoms with E-state index in [0.717, 1.165) is 28.5 Å². The minimum atomic E-state index is -1.14. The molecule has 0 amide bonds. The number of carboxylic acid groups (broad SMARTS) is 2. The Bertz CT molecular complexity index is 830. The first-order chi connectivity index (χ1) is 13.5. The molecule has 1 atom stereocenters. The molecular weight excluding hydrogens is 372 g/mol. The normalized spacial score (nSPS) is 12.3. The van der Waals surface area contributed by atoms with Gasteiger partial charge in [0.25, 0.3) is 0 Å². The molecule has 3 aromatic rings. The summed E-state index contributed by atoms with van der Waals surface area (Å²) in [5.41, 5.74) is 2.69. The first-order valence-electron chi connectivity index (χ1n) is 8.83. The van der Waals surface area contributed by atoms with Crippen LogP contribution in [-0.4, -0.2) is 27.4 Å². The highest BCUT2D eigenvalue weighted by molar-refractivity contribution is 8.01. The Morgan fingerprint density at radius 3 is 1.36 bits per heavy atom. The lowest BCUT2D eigenvalue weighted by molar-refractivity contribution is -0.142. The van der Waals surface area contributed by atoms with Gasteiger partial charge in [-0.25, -0.2) is 0 Å². The minimum absolute atomic E-state index is 0.464. The molecule has 0 unspecified atom stereocenters. The number of hydrogen-bond donors (Lipinski definition) is 2. The summed E-state index contributed by atoms with van der Waals surface area (Å²) in [6.45, 7) is 0. The van der Waals surface area contributed by atoms with Gasteiger partial charge < -0.3 is 10.2 Å². The maximum atomic E-state index is 11.9. The fourth-order valence-corrected chi connectivity index (χ4v) is 4.84. The number of carboxylic acids is 2. The summed E-state index contributed by atoms with van der Waals surface area (Å²) in [7, 11) is 0. The Morgan fingerprint density at radius 2 is 1.07 bits per heavy atom. The van der Waals surface area contributed by atoms with Crippen LogP contribution >= 0.6 is 11.8 Å². The maximum Gasteiger partial charge on any atom is 0.317 e. The molecular formula is C23H20O4S. The van der Waals surface area contributed by atoms with E-state index in [9.17, 15) is 19.8 Å². The van der Waals surface area contributed by atoms with Crippen LogP contribution in [0.25, 0.3) is 0 Å². The van der Waals surface area contributed by atoms with Crippen LogP contribution in [0.1, 0.15) is 23.1 Å². The van der Waals surface area contributed by atoms with E-state index in [0.29, 0.717) is 0 Å². The van der Waals surface area contributed by atoms with Crippen molar-refractivity contribution in [2.75, 3.05) is 0 Å². The van der Waals surface area contributed by atoms with Gasteiger partial charge in [0.1, 0.15) is 5.25 Å². The number of carbonyl (C=O) groups is 2. The number of thioether (sulfide) groups is 1. The predicted molar refractivity (Wildman–Crippen MR) is 110 cm³/mol. The summed E-state index contributed by atoms with van der Waals surface area (Å²) >= 11 is 1.15. The van der Waals surface area contributed by atoms with Crippen molar-refractivity contribution in [3.05, 3.63) is 108 Å². The summed E-state index contributed by atoms with van der Waals surface area (Å²) < 4.78 is -0.859. The van der Waals surface area contributed by atoms with Crippen LogP contribution < -0.4 is 0 Å². The van der Waals surface area contributed by atoms with Gasteiger partial charge in [0, 0.05) is 0 Å². The highest BCUT2D eigenvalue weighted by Gasteiger charge is 2.41. The van der Waals surface area contributed by atoms with Crippen molar-refractivity contribution in [3.63, 3.8) is 0 Å². The Labute approximate surface area is 167 Å². The third kappa shape index (κ3) is 4.10. The smallest absolute Gasteiger partial charge is 0.317 e. The first kappa shape index (κ1) is 19.7. The minimum Gasteiger partial charge on any atom is -0.481 e. The molecule has 0 spiro atoms. The van der Waals surface area contributed by atoms with Gasteiger partial charge in [0.15, 0.2) is 0 Å². The van der Waals surface area contributed by atoms with E-state index in [-0.39, 0.29) is 0 Å². The van der Waals surface area contributed by atoms with Gasteiger partial charge in [-0.15, -0.1) is 11.8 Å². The van der Waals surface area contributed by atoms with Crippen molar-refractivity contribution >= 4 is 23.7 Å². The third-order valence-electron chi connectivity index (χ3n) is 4.50. The van der Waals surface area contributed by atoms with Gasteiger partial charge in [-0.05, 0) is 16.7 Å². The molecule has 0 saturated heterocycles. The fourth-order valence-electron chi connectivity index (χ4n) is 3.27. The van der Waals surface area contributed by atoms with E-state index < -0.39 is 28.4 Å². The second-order valence-corrected chi connectivity index (χ2v) is 7.74. The molecule has 0 radical (unpaired) electrons. The van der Waals surface area contributed by atoms with Crippen LogP contribution in [0.3, 0.4) is 0 Å². The van der Waals surface area contributed by atoms with Crippen molar-refractivity contribution in [3.8, 4) is 0 Å². The van der Waals surface area contributed by atoms with Gasteiger partial charge in [-0.2, -0.15) is 0 Å². The van der Waals surface area contributed by atoms with Crippen LogP contribution in [0.5, 0.6) is 0 Å². The summed E-state index contributed by atoms with van der Waals surface area (Å²) in [6.07, 6.45) is -0.464. The van der Waals surface area contributed by atoms with Crippen molar-refractivity contribution in [2.24, 2.45) is 0 Å². The zero-order valence-corrected chi connectivity index (χ0v) is 15.9. The molecule has 4 nitrogen and oxygen atoms in total. The number of rotatable bonds is 8. The second kappa shape index (κ2) is 8.76. The Kier molecular flexibility index (Phi) is 6.16. The SMILES string of the molecule is O=C(O)C[C@@H](SC(c1ccccc1)(c1ccccc1)c1ccccc1)C(=O)O. The Hall–Kier alpha value is -3.05. The topological polar surface area (TPSA) is 74.6 Å². The quantitative estimate of drug-likeness (QED) is 0.546. The predicted octanol–water partition coefficient (Wildman–Crippen LogP) is 4.64. The number of aliphatic carboxylic acids is 2. The van der Waals surface area contributed by atoms with Crippen LogP contribution in [0.2, 0.25) is 0 Å². The lowest BCUT2D eigenvalue weighted by atomic mass is 9.84. The fraction of sp³-hybridized carbons (Fsp3) is 0.130. The molecule has 0 heterocycles. The van der Waals surface area contributed by atoms with Crippen molar-refractivity contribution in [1.29, 1.82) is 0 Å². The van der Waals surface area contributed by atoms with Crippen molar-refractivity contribution in [2.45, 2.75) is 16.4 Å². The molecule has 0 saturated carbocycles. The Balaban J connectivity index is 2.27. The van der Waals surface area contributed by atoms with E-state index in [4.69, 9.17) is 0 Å². The third-order valence-corrected chi connectivity index (χ3v) is 6.21. The van der Waals surface area contributed by atoms with E-state index in [1.807, 2.05) is 91.0 Å². The molecule has 0 bridgehead atoms. The lowest BCUT2D eigenvalue weighted by Gasteiger charge is -2.37. The number of benzene rings is 3. The average molecular weight is 392 g/mol. The molecule has 0 aromatic heterocycles. The van der Waals surface area contributed by atoms with E-state index in [1.165, 1.54) is 0 Å². The largest absolute Gasteiger partial charge is 0.481 e. The molecule has 3 rings (SSSR count). The first-order valence-corrected chi connectivity index (χ1v) is 9.71. The molecule has 0 aliphatic carbocycles. The van der Waals surface area contributed by atoms with Crippen molar-refractivity contribution < 1.29 is 19.8 Å². The van der Waals surface area contributed by atoms with E-state index in [1.54, 1.807) is 0 Å². The molecule has 2 N–H and O–H groups in total. The molecule has 0 fully saturated rings. The summed E-state index contributed by atoms with van der Waals surface area (Å²) in [5.74, 6) is -2.28. The van der Waals surface area contributed by atoms with Gasteiger partial charge in [0.2, 0.25) is 0 Å². The molecule has 3 aromatic carbocycles. The van der Waals surface area contributed by atoms with Gasteiger partial charge in [-0.3, -0.25) is 9.59 Å². The summed E-state index contributed by atoms with van der Waals surface area (Å²) in [4.78, 5) is 23.3. The van der Waals surface area contributed by atoms with Gasteiger partial charge >= 0.3 is 11.9 Å². The van der Waals surface area contributed by atoms with Crippen LogP contribution in [0, 0.1) is 0 Å². The molecule has 28 heavy (non-hydrogen) atoms. The van der Waals surface area contributed by atoms with Gasteiger partial charge in [-0.1, -0.05) is 91.0 Å². The average Bonchev–Trinajstić information content (AvgIpc) is 2.72. The standard InChI is InChI=1S/C23H20O4S/c24-21(25)16-20(22(26)27)28-23(17-10-4-1-5-11-17,18-12-6-2-7-13-18)19-14-8-3-9-15-19/h1-15,20H,16H2,(H,24,25)(H,26,27)/t20-/m1/s1. The number of hydrogen-bond acceptors (Lipinski definition) is 3. The second-order valence-electron chi connectivity index (χ2n) is 6.32. The maximum absolute atomic E-state index is 11.9. The monoisotopic (exact) mass is 392 g/mol. The molecule has 142 valence electrons. The van der Waals surface area contributed by atoms with E-state index in [2.05, 4.69) is 0 Å². The van der Waals surface area contributed by atoms with Gasteiger partial charge in [0.05, 0.1) is 11.2 Å². The molecule has 0 aliphatic rings. The molecule has 5 heteroatoms. The highest BCUT2D eigenvalue weighted by Crippen LogP contribution is 2.50. The molecule has 0 aliphatic heterocycles. The zero-order chi connectivity index (χ0) is 20.0. The zero-order valence-electron chi connectivity index (χ0n) is 15.1. The highest BCUT2D eigenvalue weighted by atomic mass is 32.2. The summed E-state index contributed by atoms with van der Waals surface area (Å²) in [5, 5.41) is 17.9.